The highest BCUT2D eigenvalue weighted by molar-refractivity contribution is 5.37. The van der Waals surface area contributed by atoms with Gasteiger partial charge in [-0.2, -0.15) is 0 Å². The summed E-state index contributed by atoms with van der Waals surface area (Å²) in [7, 11) is 0. The molecule has 1 aromatic carbocycles. The van der Waals surface area contributed by atoms with Gasteiger partial charge in [0.2, 0.25) is 0 Å². The van der Waals surface area contributed by atoms with E-state index in [1.54, 1.807) is 12.1 Å². The standard InChI is InChI=1S/C21H32O2/c1-2-3-4-5-6-7-8-9-10-11-12-13-14-15-19-16-20(22)18-21(23)17-19/h7-8,13-14,16-18,22-23H,2-6,9-12,15H2,1H3. The number of benzene rings is 1. The van der Waals surface area contributed by atoms with Crippen molar-refractivity contribution in [3.05, 3.63) is 48.1 Å². The first-order valence-electron chi connectivity index (χ1n) is 9.04. The molecule has 0 amide bonds. The summed E-state index contributed by atoms with van der Waals surface area (Å²) < 4.78 is 0. The van der Waals surface area contributed by atoms with Gasteiger partial charge < -0.3 is 10.2 Å². The van der Waals surface area contributed by atoms with E-state index in [1.807, 2.05) is 0 Å². The highest BCUT2D eigenvalue weighted by atomic mass is 16.3. The lowest BCUT2D eigenvalue weighted by molar-refractivity contribution is 0.449. The molecule has 0 bridgehead atoms. The minimum Gasteiger partial charge on any atom is -0.508 e. The van der Waals surface area contributed by atoms with Gasteiger partial charge in [0.15, 0.2) is 0 Å². The first kappa shape index (κ1) is 19.3. The van der Waals surface area contributed by atoms with Crippen LogP contribution in [0.1, 0.15) is 70.3 Å². The van der Waals surface area contributed by atoms with Crippen LogP contribution in [-0.4, -0.2) is 10.2 Å². The van der Waals surface area contributed by atoms with Crippen molar-refractivity contribution in [1.82, 2.24) is 0 Å². The maximum absolute atomic E-state index is 9.41. The molecule has 0 aromatic heterocycles. The van der Waals surface area contributed by atoms with Gasteiger partial charge in [-0.15, -0.1) is 0 Å². The second-order valence-corrected chi connectivity index (χ2v) is 6.14. The predicted molar refractivity (Wildman–Crippen MR) is 99.0 cm³/mol. The molecule has 0 saturated carbocycles. The fourth-order valence-corrected chi connectivity index (χ4v) is 2.56. The molecule has 0 aliphatic carbocycles. The van der Waals surface area contributed by atoms with Crippen molar-refractivity contribution in [2.45, 2.75) is 71.1 Å². The molecule has 0 saturated heterocycles. The number of unbranched alkanes of at least 4 members (excludes halogenated alkanes) is 7. The molecule has 128 valence electrons. The van der Waals surface area contributed by atoms with Gasteiger partial charge in [-0.05, 0) is 62.6 Å². The van der Waals surface area contributed by atoms with Crippen LogP contribution < -0.4 is 0 Å². The van der Waals surface area contributed by atoms with Crippen LogP contribution in [0, 0.1) is 0 Å². The summed E-state index contributed by atoms with van der Waals surface area (Å²) in [6, 6.07) is 4.73. The number of hydrogen-bond acceptors (Lipinski definition) is 2. The molecule has 2 heteroatoms. The van der Waals surface area contributed by atoms with Crippen molar-refractivity contribution in [3.8, 4) is 11.5 Å². The lowest BCUT2D eigenvalue weighted by Crippen LogP contribution is -1.81. The number of allylic oxidation sites excluding steroid dienone is 4. The SMILES string of the molecule is CCCCCCC=CCCCCC=CCc1cc(O)cc(O)c1. The lowest BCUT2D eigenvalue weighted by atomic mass is 10.1. The summed E-state index contributed by atoms with van der Waals surface area (Å²) in [5.74, 6) is 0.241. The summed E-state index contributed by atoms with van der Waals surface area (Å²) in [4.78, 5) is 0. The summed E-state index contributed by atoms with van der Waals surface area (Å²) in [6.07, 6.45) is 21.0. The van der Waals surface area contributed by atoms with Gasteiger partial charge in [0.1, 0.15) is 11.5 Å². The minimum absolute atomic E-state index is 0.120. The quantitative estimate of drug-likeness (QED) is 0.352. The molecular formula is C21H32O2. The second kappa shape index (κ2) is 12.8. The molecular weight excluding hydrogens is 284 g/mol. The summed E-state index contributed by atoms with van der Waals surface area (Å²) >= 11 is 0. The van der Waals surface area contributed by atoms with E-state index in [1.165, 1.54) is 57.4 Å². The molecule has 1 rings (SSSR count). The zero-order valence-electron chi connectivity index (χ0n) is 14.5. The Morgan fingerprint density at radius 2 is 1.22 bits per heavy atom. The Balaban J connectivity index is 2.01. The molecule has 0 aliphatic heterocycles. The molecule has 1 aromatic rings. The maximum Gasteiger partial charge on any atom is 0.119 e. The van der Waals surface area contributed by atoms with Gasteiger partial charge in [0.25, 0.3) is 0 Å². The maximum atomic E-state index is 9.41. The average molecular weight is 316 g/mol. The van der Waals surface area contributed by atoms with E-state index in [4.69, 9.17) is 0 Å². The summed E-state index contributed by atoms with van der Waals surface area (Å²) in [5, 5.41) is 18.8. The monoisotopic (exact) mass is 316 g/mol. The molecule has 0 spiro atoms. The Kier molecular flexibility index (Phi) is 10.8. The fraction of sp³-hybridized carbons (Fsp3) is 0.524. The zero-order valence-corrected chi connectivity index (χ0v) is 14.5. The lowest BCUT2D eigenvalue weighted by Gasteiger charge is -2.00. The predicted octanol–water partition coefficient (Wildman–Crippen LogP) is 6.28. The highest BCUT2D eigenvalue weighted by Gasteiger charge is 1.96. The topological polar surface area (TPSA) is 40.5 Å². The Morgan fingerprint density at radius 1 is 0.696 bits per heavy atom. The highest BCUT2D eigenvalue weighted by Crippen LogP contribution is 2.20. The van der Waals surface area contributed by atoms with Crippen molar-refractivity contribution in [1.29, 1.82) is 0 Å². The molecule has 2 nitrogen and oxygen atoms in total. The molecule has 0 unspecified atom stereocenters. The van der Waals surface area contributed by atoms with Gasteiger partial charge in [0, 0.05) is 6.07 Å². The van der Waals surface area contributed by atoms with Crippen molar-refractivity contribution in [2.75, 3.05) is 0 Å². The molecule has 2 N–H and O–H groups in total. The van der Waals surface area contributed by atoms with E-state index in [0.717, 1.165) is 18.4 Å². The zero-order chi connectivity index (χ0) is 16.8. The van der Waals surface area contributed by atoms with Crippen molar-refractivity contribution < 1.29 is 10.2 Å². The average Bonchev–Trinajstić information content (AvgIpc) is 2.51. The summed E-state index contributed by atoms with van der Waals surface area (Å²) in [6.45, 7) is 2.25. The van der Waals surface area contributed by atoms with E-state index >= 15 is 0 Å². The Labute approximate surface area is 141 Å². The van der Waals surface area contributed by atoms with Crippen LogP contribution >= 0.6 is 0 Å². The van der Waals surface area contributed by atoms with Crippen molar-refractivity contribution in [3.63, 3.8) is 0 Å². The molecule has 0 fully saturated rings. The van der Waals surface area contributed by atoms with E-state index in [9.17, 15) is 10.2 Å². The third kappa shape index (κ3) is 10.6. The third-order valence-corrected chi connectivity index (χ3v) is 3.87. The fourth-order valence-electron chi connectivity index (χ4n) is 2.56. The van der Waals surface area contributed by atoms with Crippen LogP contribution in [0.15, 0.2) is 42.5 Å². The van der Waals surface area contributed by atoms with Crippen LogP contribution in [0.2, 0.25) is 0 Å². The van der Waals surface area contributed by atoms with E-state index < -0.39 is 0 Å². The van der Waals surface area contributed by atoms with Crippen LogP contribution in [0.25, 0.3) is 0 Å². The Morgan fingerprint density at radius 3 is 1.78 bits per heavy atom. The number of phenolic OH excluding ortho intramolecular Hbond substituents is 2. The molecule has 0 aliphatic rings. The summed E-state index contributed by atoms with van der Waals surface area (Å²) in [5.41, 5.74) is 0.935. The van der Waals surface area contributed by atoms with Gasteiger partial charge in [-0.1, -0.05) is 50.5 Å². The number of aromatic hydroxyl groups is 2. The first-order valence-corrected chi connectivity index (χ1v) is 9.04. The molecule has 23 heavy (non-hydrogen) atoms. The van der Waals surface area contributed by atoms with Gasteiger partial charge in [0.05, 0.1) is 0 Å². The van der Waals surface area contributed by atoms with E-state index in [2.05, 4.69) is 31.2 Å². The van der Waals surface area contributed by atoms with Crippen LogP contribution in [0.5, 0.6) is 11.5 Å². The normalized spacial score (nSPS) is 11.7. The van der Waals surface area contributed by atoms with Gasteiger partial charge in [-0.3, -0.25) is 0 Å². The third-order valence-electron chi connectivity index (χ3n) is 3.87. The minimum atomic E-state index is 0.120. The molecule has 0 heterocycles. The van der Waals surface area contributed by atoms with Crippen LogP contribution in [0.3, 0.4) is 0 Å². The number of hydrogen-bond donors (Lipinski definition) is 2. The van der Waals surface area contributed by atoms with Crippen LogP contribution in [-0.2, 0) is 6.42 Å². The number of rotatable bonds is 12. The van der Waals surface area contributed by atoms with E-state index in [0.29, 0.717) is 0 Å². The van der Waals surface area contributed by atoms with Crippen LogP contribution in [0.4, 0.5) is 0 Å². The molecule has 0 radical (unpaired) electrons. The Hall–Kier alpha value is -1.70. The van der Waals surface area contributed by atoms with Gasteiger partial charge in [-0.25, -0.2) is 0 Å². The molecule has 0 atom stereocenters. The van der Waals surface area contributed by atoms with Gasteiger partial charge >= 0.3 is 0 Å². The first-order chi connectivity index (χ1) is 11.2. The van der Waals surface area contributed by atoms with E-state index in [-0.39, 0.29) is 11.5 Å². The van der Waals surface area contributed by atoms with Crippen molar-refractivity contribution in [2.24, 2.45) is 0 Å². The van der Waals surface area contributed by atoms with Crippen molar-refractivity contribution >= 4 is 0 Å². The largest absolute Gasteiger partial charge is 0.508 e. The smallest absolute Gasteiger partial charge is 0.119 e. The number of phenols is 2. The second-order valence-electron chi connectivity index (χ2n) is 6.14. The Bertz CT molecular complexity index is 454.